The zero-order chi connectivity index (χ0) is 18.4. The molecule has 0 spiro atoms. The third-order valence-electron chi connectivity index (χ3n) is 4.36. The normalized spacial score (nSPS) is 12.5. The average molecular weight is 499 g/mol. The highest BCUT2D eigenvalue weighted by molar-refractivity contribution is 14.0. The van der Waals surface area contributed by atoms with Crippen molar-refractivity contribution in [1.29, 1.82) is 0 Å². The Bertz CT molecular complexity index is 830. The number of hydrogen-bond donors (Lipinski definition) is 2. The van der Waals surface area contributed by atoms with Crippen LogP contribution in [0.2, 0.25) is 0 Å². The second-order valence-electron chi connectivity index (χ2n) is 6.14. The number of guanidine groups is 1. The van der Waals surface area contributed by atoms with Gasteiger partial charge in [-0.05, 0) is 30.0 Å². The lowest BCUT2D eigenvalue weighted by Crippen LogP contribution is -2.37. The van der Waals surface area contributed by atoms with Gasteiger partial charge in [0, 0.05) is 31.4 Å². The van der Waals surface area contributed by atoms with Crippen molar-refractivity contribution in [1.82, 2.24) is 20.0 Å². The summed E-state index contributed by atoms with van der Waals surface area (Å²) in [5.41, 5.74) is 2.32. The molecule has 0 aliphatic rings. The summed E-state index contributed by atoms with van der Waals surface area (Å²) in [7, 11) is 3.47. The minimum Gasteiger partial charge on any atom is -0.497 e. The van der Waals surface area contributed by atoms with E-state index in [-0.39, 0.29) is 24.0 Å². The number of aromatic nitrogens is 2. The Morgan fingerprint density at radius 3 is 2.74 bits per heavy atom. The number of benzene rings is 1. The van der Waals surface area contributed by atoms with Gasteiger partial charge in [0.05, 0.1) is 19.3 Å². The predicted molar refractivity (Wildman–Crippen MR) is 123 cm³/mol. The molecule has 0 amide bonds. The molecule has 0 radical (unpaired) electrons. The molecule has 146 valence electrons. The van der Waals surface area contributed by atoms with Crippen molar-refractivity contribution in [3.8, 4) is 5.75 Å². The smallest absolute Gasteiger partial charge is 0.193 e. The largest absolute Gasteiger partial charge is 0.497 e. The molecule has 27 heavy (non-hydrogen) atoms. The summed E-state index contributed by atoms with van der Waals surface area (Å²) in [5, 5.41) is 8.72. The van der Waals surface area contributed by atoms with E-state index in [1.807, 2.05) is 34.3 Å². The second kappa shape index (κ2) is 10.5. The van der Waals surface area contributed by atoms with E-state index >= 15 is 0 Å². The molecule has 0 bridgehead atoms. The number of nitrogens with zero attached hydrogens (tertiary/aromatic N) is 3. The molecule has 1 aromatic carbocycles. The first kappa shape index (κ1) is 21.5. The molecule has 2 heterocycles. The maximum absolute atomic E-state index is 5.21. The highest BCUT2D eigenvalue weighted by atomic mass is 127. The number of aliphatic imine (C=N–C) groups is 1. The van der Waals surface area contributed by atoms with Crippen LogP contribution in [0, 0.1) is 0 Å². The van der Waals surface area contributed by atoms with Gasteiger partial charge in [-0.3, -0.25) is 9.39 Å². The third kappa shape index (κ3) is 5.83. The Balaban J connectivity index is 0.00000261. The first-order chi connectivity index (χ1) is 12.7. The van der Waals surface area contributed by atoms with Crippen LogP contribution in [0.3, 0.4) is 0 Å². The van der Waals surface area contributed by atoms with E-state index in [0.29, 0.717) is 12.5 Å². The van der Waals surface area contributed by atoms with Gasteiger partial charge in [-0.15, -0.1) is 35.3 Å². The minimum absolute atomic E-state index is 0. The van der Waals surface area contributed by atoms with Crippen molar-refractivity contribution in [2.24, 2.45) is 4.99 Å². The van der Waals surface area contributed by atoms with Crippen molar-refractivity contribution >= 4 is 46.2 Å². The number of imidazole rings is 1. The van der Waals surface area contributed by atoms with Crippen LogP contribution in [0.1, 0.15) is 30.5 Å². The summed E-state index contributed by atoms with van der Waals surface area (Å²) >= 11 is 1.64. The van der Waals surface area contributed by atoms with Crippen molar-refractivity contribution in [3.63, 3.8) is 0 Å². The fourth-order valence-corrected chi connectivity index (χ4v) is 3.48. The van der Waals surface area contributed by atoms with Crippen LogP contribution >= 0.6 is 35.3 Å². The summed E-state index contributed by atoms with van der Waals surface area (Å²) < 4.78 is 7.25. The van der Waals surface area contributed by atoms with Crippen LogP contribution in [0.4, 0.5) is 0 Å². The predicted octanol–water partition coefficient (Wildman–Crippen LogP) is 3.88. The molecule has 0 saturated heterocycles. The Morgan fingerprint density at radius 1 is 1.30 bits per heavy atom. The van der Waals surface area contributed by atoms with Crippen molar-refractivity contribution in [3.05, 3.63) is 53.3 Å². The van der Waals surface area contributed by atoms with Gasteiger partial charge in [-0.1, -0.05) is 19.1 Å². The van der Waals surface area contributed by atoms with Crippen LogP contribution < -0.4 is 15.4 Å². The summed E-state index contributed by atoms with van der Waals surface area (Å²) in [5.74, 6) is 2.15. The van der Waals surface area contributed by atoms with Gasteiger partial charge in [0.15, 0.2) is 10.9 Å². The van der Waals surface area contributed by atoms with Crippen molar-refractivity contribution in [2.75, 3.05) is 20.7 Å². The standard InChI is InChI=1S/C19H25N5OS.HI/c1-14(15-4-6-17(25-3)7-5-15)8-9-21-18(20-2)22-12-16-13-24-10-11-26-19(24)23-16;/h4-7,10-11,13-14H,8-9,12H2,1-3H3,(H2,20,21,22);1H. The topological polar surface area (TPSA) is 63.0 Å². The van der Waals surface area contributed by atoms with E-state index in [2.05, 4.69) is 39.7 Å². The molecule has 3 aromatic rings. The fraction of sp³-hybridized carbons (Fsp3) is 0.368. The fourth-order valence-electron chi connectivity index (χ4n) is 2.76. The summed E-state index contributed by atoms with van der Waals surface area (Å²) in [6.07, 6.45) is 5.08. The molecule has 3 rings (SSSR count). The van der Waals surface area contributed by atoms with Crippen LogP contribution in [0.25, 0.3) is 4.96 Å². The van der Waals surface area contributed by atoms with Crippen molar-refractivity contribution in [2.45, 2.75) is 25.8 Å². The molecule has 0 aliphatic carbocycles. The van der Waals surface area contributed by atoms with Gasteiger partial charge >= 0.3 is 0 Å². The maximum Gasteiger partial charge on any atom is 0.193 e. The zero-order valence-corrected chi connectivity index (χ0v) is 19.0. The molecule has 2 N–H and O–H groups in total. The summed E-state index contributed by atoms with van der Waals surface area (Å²) in [6, 6.07) is 8.27. The van der Waals surface area contributed by atoms with E-state index in [1.54, 1.807) is 25.5 Å². The molecule has 8 heteroatoms. The van der Waals surface area contributed by atoms with E-state index in [4.69, 9.17) is 4.74 Å². The molecule has 0 saturated carbocycles. The Labute approximate surface area is 181 Å². The summed E-state index contributed by atoms with van der Waals surface area (Å²) in [6.45, 7) is 3.74. The quantitative estimate of drug-likeness (QED) is 0.294. The molecule has 1 unspecified atom stereocenters. The van der Waals surface area contributed by atoms with Gasteiger partial charge < -0.3 is 15.4 Å². The second-order valence-corrected chi connectivity index (χ2v) is 7.01. The summed E-state index contributed by atoms with van der Waals surface area (Å²) in [4.78, 5) is 9.86. The molecular formula is C19H26IN5OS. The number of nitrogens with one attached hydrogen (secondary N) is 2. The lowest BCUT2D eigenvalue weighted by molar-refractivity contribution is 0.414. The first-order valence-electron chi connectivity index (χ1n) is 8.69. The van der Waals surface area contributed by atoms with Gasteiger partial charge in [-0.2, -0.15) is 0 Å². The number of ether oxygens (including phenoxy) is 1. The number of halogens is 1. The van der Waals surface area contributed by atoms with Crippen LogP contribution in [0.15, 0.2) is 47.0 Å². The lowest BCUT2D eigenvalue weighted by Gasteiger charge is -2.15. The van der Waals surface area contributed by atoms with Crippen LogP contribution in [0.5, 0.6) is 5.75 Å². The first-order valence-corrected chi connectivity index (χ1v) is 9.57. The molecule has 0 fully saturated rings. The Morgan fingerprint density at radius 2 is 2.07 bits per heavy atom. The molecule has 6 nitrogen and oxygen atoms in total. The molecule has 0 aliphatic heterocycles. The lowest BCUT2D eigenvalue weighted by atomic mass is 9.98. The number of thiazole rings is 1. The van der Waals surface area contributed by atoms with E-state index in [9.17, 15) is 0 Å². The highest BCUT2D eigenvalue weighted by Gasteiger charge is 2.07. The monoisotopic (exact) mass is 499 g/mol. The molecular weight excluding hydrogens is 473 g/mol. The third-order valence-corrected chi connectivity index (χ3v) is 5.13. The molecule has 2 aromatic heterocycles. The van der Waals surface area contributed by atoms with Gasteiger partial charge in [0.1, 0.15) is 5.75 Å². The van der Waals surface area contributed by atoms with E-state index < -0.39 is 0 Å². The Kier molecular flexibility index (Phi) is 8.36. The van der Waals surface area contributed by atoms with Crippen molar-refractivity contribution < 1.29 is 4.74 Å². The number of fused-ring (bicyclic) bond motifs is 1. The van der Waals surface area contributed by atoms with Crippen LogP contribution in [-0.2, 0) is 6.54 Å². The number of hydrogen-bond acceptors (Lipinski definition) is 4. The highest BCUT2D eigenvalue weighted by Crippen LogP contribution is 2.21. The number of methoxy groups -OCH3 is 1. The van der Waals surface area contributed by atoms with Gasteiger partial charge in [-0.25, -0.2) is 4.98 Å². The molecule has 1 atom stereocenters. The minimum atomic E-state index is 0. The number of rotatable bonds is 7. The van der Waals surface area contributed by atoms with Crippen LogP contribution in [-0.4, -0.2) is 36.0 Å². The average Bonchev–Trinajstić information content (AvgIpc) is 3.26. The van der Waals surface area contributed by atoms with E-state index in [0.717, 1.165) is 35.3 Å². The maximum atomic E-state index is 5.21. The Hall–Kier alpha value is -1.81. The van der Waals surface area contributed by atoms with Gasteiger partial charge in [0.25, 0.3) is 0 Å². The van der Waals surface area contributed by atoms with E-state index in [1.165, 1.54) is 5.56 Å². The SMILES string of the molecule is CN=C(NCCC(C)c1ccc(OC)cc1)NCc1cn2ccsc2n1.I. The zero-order valence-electron chi connectivity index (χ0n) is 15.8. The van der Waals surface area contributed by atoms with Gasteiger partial charge in [0.2, 0.25) is 0 Å².